The van der Waals surface area contributed by atoms with Crippen LogP contribution in [0.25, 0.3) is 11.3 Å². The third kappa shape index (κ3) is 5.63. The van der Waals surface area contributed by atoms with Crippen LogP contribution in [0.4, 0.5) is 10.2 Å². The van der Waals surface area contributed by atoms with Crippen molar-refractivity contribution in [2.45, 2.75) is 26.7 Å². The summed E-state index contributed by atoms with van der Waals surface area (Å²) >= 11 is 6.01. The number of para-hydroxylation sites is 1. The van der Waals surface area contributed by atoms with Crippen molar-refractivity contribution in [1.82, 2.24) is 14.5 Å². The van der Waals surface area contributed by atoms with Crippen molar-refractivity contribution in [2.75, 3.05) is 10.5 Å². The number of aryl methyl sites for hydroxylation is 2. The molecule has 3 aromatic rings. The molecule has 0 aliphatic carbocycles. The summed E-state index contributed by atoms with van der Waals surface area (Å²) in [6.07, 6.45) is 2.67. The fourth-order valence-electron chi connectivity index (χ4n) is 2.86. The first kappa shape index (κ1) is 23.7. The molecule has 1 N–H and O–H groups in total. The van der Waals surface area contributed by atoms with Gasteiger partial charge in [-0.2, -0.15) is 9.97 Å². The van der Waals surface area contributed by atoms with Crippen LogP contribution >= 0.6 is 11.6 Å². The Labute approximate surface area is 190 Å². The van der Waals surface area contributed by atoms with E-state index in [-0.39, 0.29) is 34.0 Å². The maximum absolute atomic E-state index is 14.3. The molecule has 1 aromatic carbocycles. The van der Waals surface area contributed by atoms with E-state index >= 15 is 0 Å². The zero-order valence-electron chi connectivity index (χ0n) is 17.7. The smallest absolute Gasteiger partial charge is 0.324 e. The molecule has 170 valence electrons. The molecule has 2 heterocycles. The lowest BCUT2D eigenvalue weighted by atomic mass is 10.2. The molecule has 0 radical (unpaired) electrons. The Hall–Kier alpha value is -2.98. The van der Waals surface area contributed by atoms with E-state index < -0.39 is 21.4 Å². The van der Waals surface area contributed by atoms with Crippen LogP contribution < -0.4 is 15.0 Å². The predicted octanol–water partition coefficient (Wildman–Crippen LogP) is 4.28. The van der Waals surface area contributed by atoms with E-state index in [1.54, 1.807) is 13.0 Å². The van der Waals surface area contributed by atoms with Gasteiger partial charge in [-0.15, -0.1) is 0 Å². The van der Waals surface area contributed by atoms with Crippen LogP contribution in [0.15, 0.2) is 41.3 Å². The third-order valence-corrected chi connectivity index (χ3v) is 6.14. The lowest BCUT2D eigenvalue weighted by molar-refractivity contribution is 0.409. The molecule has 0 aliphatic rings. The van der Waals surface area contributed by atoms with Crippen LogP contribution in [0.5, 0.6) is 11.8 Å². The molecule has 0 saturated carbocycles. The highest BCUT2D eigenvalue weighted by Gasteiger charge is 2.17. The number of nitrogens with zero attached hydrogens (tertiary/aromatic N) is 3. The molecule has 8 nitrogen and oxygen atoms in total. The first-order valence-electron chi connectivity index (χ1n) is 9.78. The predicted molar refractivity (Wildman–Crippen MR) is 121 cm³/mol. The summed E-state index contributed by atoms with van der Waals surface area (Å²) < 4.78 is 48.3. The summed E-state index contributed by atoms with van der Waals surface area (Å²) in [5.74, 6) is -0.839. The Morgan fingerprint density at radius 2 is 2.00 bits per heavy atom. The molecular formula is C21H22ClFN4O4S. The van der Waals surface area contributed by atoms with Crippen molar-refractivity contribution in [2.24, 2.45) is 7.05 Å². The van der Waals surface area contributed by atoms with Crippen molar-refractivity contribution < 1.29 is 17.5 Å². The maximum atomic E-state index is 14.3. The molecule has 0 spiro atoms. The van der Waals surface area contributed by atoms with Gasteiger partial charge in [0.05, 0.1) is 11.4 Å². The van der Waals surface area contributed by atoms with E-state index in [1.807, 2.05) is 6.92 Å². The second-order valence-electron chi connectivity index (χ2n) is 7.18. The van der Waals surface area contributed by atoms with Crippen LogP contribution in [0.3, 0.4) is 0 Å². The molecule has 3 rings (SSSR count). The SMILES string of the molecule is CCCCS(=O)(=O)Nc1cc(-c2cc(Cl)c(=O)n(C)c2)nc(Oc2c(C)cccc2F)n1. The van der Waals surface area contributed by atoms with Gasteiger partial charge < -0.3 is 9.30 Å². The number of anilines is 1. The Bertz CT molecular complexity index is 1270. The summed E-state index contributed by atoms with van der Waals surface area (Å²) in [7, 11) is -2.15. The third-order valence-electron chi connectivity index (χ3n) is 4.52. The lowest BCUT2D eigenvalue weighted by Crippen LogP contribution is -2.18. The molecule has 0 unspecified atom stereocenters. The van der Waals surface area contributed by atoms with Crippen molar-refractivity contribution in [1.29, 1.82) is 0 Å². The van der Waals surface area contributed by atoms with E-state index in [2.05, 4.69) is 14.7 Å². The zero-order chi connectivity index (χ0) is 23.5. The number of unbranched alkanes of at least 4 members (excludes halogenated alkanes) is 1. The molecule has 2 aromatic heterocycles. The van der Waals surface area contributed by atoms with Crippen LogP contribution in [-0.4, -0.2) is 28.7 Å². The van der Waals surface area contributed by atoms with Gasteiger partial charge in [0.1, 0.15) is 10.8 Å². The number of rotatable bonds is 8. The number of hydrogen-bond donors (Lipinski definition) is 1. The summed E-state index contributed by atoms with van der Waals surface area (Å²) in [6.45, 7) is 3.54. The Morgan fingerprint density at radius 3 is 2.66 bits per heavy atom. The van der Waals surface area contributed by atoms with Gasteiger partial charge in [0.25, 0.3) is 5.56 Å². The largest absolute Gasteiger partial charge is 0.421 e. The minimum Gasteiger partial charge on any atom is -0.421 e. The molecule has 0 bridgehead atoms. The molecular weight excluding hydrogens is 459 g/mol. The second kappa shape index (κ2) is 9.66. The van der Waals surface area contributed by atoms with Crippen LogP contribution in [-0.2, 0) is 17.1 Å². The monoisotopic (exact) mass is 480 g/mol. The van der Waals surface area contributed by atoms with Crippen LogP contribution in [0, 0.1) is 12.7 Å². The van der Waals surface area contributed by atoms with E-state index in [4.69, 9.17) is 16.3 Å². The molecule has 0 aliphatic heterocycles. The van der Waals surface area contributed by atoms with Crippen molar-refractivity contribution in [3.63, 3.8) is 0 Å². The second-order valence-corrected chi connectivity index (χ2v) is 9.43. The zero-order valence-corrected chi connectivity index (χ0v) is 19.3. The summed E-state index contributed by atoms with van der Waals surface area (Å²) in [4.78, 5) is 20.3. The van der Waals surface area contributed by atoms with Crippen molar-refractivity contribution >= 4 is 27.4 Å². The number of pyridine rings is 1. The van der Waals surface area contributed by atoms with E-state index in [9.17, 15) is 17.6 Å². The average Bonchev–Trinajstić information content (AvgIpc) is 2.72. The van der Waals surface area contributed by atoms with Crippen LogP contribution in [0.1, 0.15) is 25.3 Å². The van der Waals surface area contributed by atoms with E-state index in [0.717, 1.165) is 0 Å². The average molecular weight is 481 g/mol. The molecule has 0 fully saturated rings. The quantitative estimate of drug-likeness (QED) is 0.516. The first-order valence-corrected chi connectivity index (χ1v) is 11.8. The van der Waals surface area contributed by atoms with Gasteiger partial charge in [0, 0.05) is 24.9 Å². The molecule has 0 saturated heterocycles. The molecule has 0 atom stereocenters. The minimum absolute atomic E-state index is 0.0406. The minimum atomic E-state index is -3.68. The topological polar surface area (TPSA) is 103 Å². The lowest BCUT2D eigenvalue weighted by Gasteiger charge is -2.13. The first-order chi connectivity index (χ1) is 15.1. The van der Waals surface area contributed by atoms with Gasteiger partial charge >= 0.3 is 6.01 Å². The number of ether oxygens (including phenoxy) is 1. The maximum Gasteiger partial charge on any atom is 0.324 e. The van der Waals surface area contributed by atoms with Crippen molar-refractivity contribution in [3.05, 3.63) is 63.3 Å². The highest BCUT2D eigenvalue weighted by atomic mass is 35.5. The number of nitrogens with one attached hydrogen (secondary N) is 1. The van der Waals surface area contributed by atoms with Gasteiger partial charge in [-0.25, -0.2) is 12.8 Å². The number of sulfonamides is 1. The molecule has 32 heavy (non-hydrogen) atoms. The van der Waals surface area contributed by atoms with Gasteiger partial charge in [-0.3, -0.25) is 9.52 Å². The molecule has 11 heteroatoms. The van der Waals surface area contributed by atoms with Gasteiger partial charge in [0.2, 0.25) is 10.0 Å². The summed E-state index contributed by atoms with van der Waals surface area (Å²) in [5, 5.41) is -0.0406. The van der Waals surface area contributed by atoms with Crippen molar-refractivity contribution in [3.8, 4) is 23.0 Å². The number of halogens is 2. The van der Waals surface area contributed by atoms with E-state index in [0.29, 0.717) is 24.0 Å². The molecule has 0 amide bonds. The number of aromatic nitrogens is 3. The standard InChI is InChI=1S/C21H22ClFN4O4S/c1-4-5-9-32(29,30)26-18-11-17(14-10-15(22)20(28)27(3)12-14)24-21(25-18)31-19-13(2)7-6-8-16(19)23/h6-8,10-12H,4-5,9H2,1-3H3,(H,24,25,26). The van der Waals surface area contributed by atoms with Crippen LogP contribution in [0.2, 0.25) is 5.02 Å². The fraction of sp³-hybridized carbons (Fsp3) is 0.286. The van der Waals surface area contributed by atoms with Gasteiger partial charge in [0.15, 0.2) is 11.6 Å². The summed E-state index contributed by atoms with van der Waals surface area (Å²) in [5.41, 5.74) is 0.760. The fourth-order valence-corrected chi connectivity index (χ4v) is 4.31. The number of benzene rings is 1. The Balaban J connectivity index is 2.10. The van der Waals surface area contributed by atoms with Gasteiger partial charge in [-0.05, 0) is 31.0 Å². The van der Waals surface area contributed by atoms with Gasteiger partial charge in [-0.1, -0.05) is 37.1 Å². The Morgan fingerprint density at radius 1 is 1.25 bits per heavy atom. The highest BCUT2D eigenvalue weighted by Crippen LogP contribution is 2.29. The number of hydrogen-bond acceptors (Lipinski definition) is 6. The highest BCUT2D eigenvalue weighted by molar-refractivity contribution is 7.92. The van der Waals surface area contributed by atoms with E-state index in [1.165, 1.54) is 42.1 Å². The normalized spacial score (nSPS) is 11.4. The Kier molecular flexibility index (Phi) is 7.15. The summed E-state index contributed by atoms with van der Waals surface area (Å²) in [6, 6.07) is 6.94.